The Hall–Kier alpha value is -3.75. The molecule has 0 radical (unpaired) electrons. The van der Waals surface area contributed by atoms with E-state index in [-0.39, 0.29) is 11.6 Å². The molecule has 1 fully saturated rings. The third-order valence-corrected chi connectivity index (χ3v) is 5.70. The van der Waals surface area contributed by atoms with Gasteiger partial charge in [0.25, 0.3) is 5.69 Å². The van der Waals surface area contributed by atoms with Crippen molar-refractivity contribution >= 4 is 17.3 Å². The molecule has 3 aromatic rings. The zero-order valence-electron chi connectivity index (χ0n) is 17.9. The van der Waals surface area contributed by atoms with Gasteiger partial charge in [-0.1, -0.05) is 36.3 Å². The average Bonchev–Trinajstić information content (AvgIpc) is 3.32. The topological polar surface area (TPSA) is 106 Å². The molecule has 9 heteroatoms. The van der Waals surface area contributed by atoms with Crippen molar-refractivity contribution < 1.29 is 14.2 Å². The van der Waals surface area contributed by atoms with Crippen LogP contribution in [0.15, 0.2) is 53.1 Å². The van der Waals surface area contributed by atoms with E-state index in [2.05, 4.69) is 22.0 Å². The third-order valence-electron chi connectivity index (χ3n) is 5.70. The number of non-ortho nitro benzene ring substituents is 1. The van der Waals surface area contributed by atoms with Crippen molar-refractivity contribution in [3.8, 4) is 11.4 Å². The molecular weight excluding hydrogens is 410 g/mol. The van der Waals surface area contributed by atoms with Crippen molar-refractivity contribution in [2.24, 2.45) is 0 Å². The summed E-state index contributed by atoms with van der Waals surface area (Å²) in [6.07, 6.45) is 1.69. The first-order valence-corrected chi connectivity index (χ1v) is 10.7. The molecule has 1 aliphatic rings. The fraction of sp³-hybridized carbons (Fsp3) is 0.348. The zero-order valence-corrected chi connectivity index (χ0v) is 17.9. The normalized spacial score (nSPS) is 13.9. The minimum atomic E-state index is -0.408. The minimum Gasteiger partial charge on any atom is -0.368 e. The number of nitro groups is 1. The molecule has 1 amide bonds. The van der Waals surface area contributed by atoms with Crippen molar-refractivity contribution in [2.75, 3.05) is 31.1 Å². The number of hydrogen-bond acceptors (Lipinski definition) is 7. The van der Waals surface area contributed by atoms with Crippen LogP contribution in [0.25, 0.3) is 11.4 Å². The second kappa shape index (κ2) is 9.59. The van der Waals surface area contributed by atoms with Crippen LogP contribution in [0.1, 0.15) is 24.8 Å². The maximum atomic E-state index is 12.6. The first-order chi connectivity index (χ1) is 15.5. The standard InChI is InChI=1S/C23H25N5O4/c1-2-17-3-5-18(6-4-17)23-24-21(32-25-23)11-12-22(29)27-15-13-26(14-16-27)19-7-9-20(10-8-19)28(30)31/h3-10H,2,11-16H2,1H3. The van der Waals surface area contributed by atoms with Gasteiger partial charge in [0.05, 0.1) is 4.92 Å². The van der Waals surface area contributed by atoms with Crippen molar-refractivity contribution in [1.82, 2.24) is 15.0 Å². The molecule has 1 aliphatic heterocycles. The van der Waals surface area contributed by atoms with Crippen LogP contribution in [0.4, 0.5) is 11.4 Å². The van der Waals surface area contributed by atoms with Crippen molar-refractivity contribution in [3.63, 3.8) is 0 Å². The van der Waals surface area contributed by atoms with Gasteiger partial charge in [-0.3, -0.25) is 14.9 Å². The maximum Gasteiger partial charge on any atom is 0.269 e. The molecule has 2 aromatic carbocycles. The Bertz CT molecular complexity index is 1070. The largest absolute Gasteiger partial charge is 0.368 e. The minimum absolute atomic E-state index is 0.0559. The van der Waals surface area contributed by atoms with Gasteiger partial charge in [0, 0.05) is 62.4 Å². The monoisotopic (exact) mass is 435 g/mol. The summed E-state index contributed by atoms with van der Waals surface area (Å²) in [6.45, 7) is 4.68. The fourth-order valence-electron chi connectivity index (χ4n) is 3.73. The van der Waals surface area contributed by atoms with E-state index in [1.807, 2.05) is 29.2 Å². The van der Waals surface area contributed by atoms with E-state index in [0.29, 0.717) is 50.7 Å². The molecule has 2 heterocycles. The van der Waals surface area contributed by atoms with E-state index in [1.54, 1.807) is 12.1 Å². The van der Waals surface area contributed by atoms with Crippen LogP contribution in [-0.4, -0.2) is 52.1 Å². The van der Waals surface area contributed by atoms with Crippen LogP contribution in [0.5, 0.6) is 0 Å². The number of benzene rings is 2. The van der Waals surface area contributed by atoms with Gasteiger partial charge >= 0.3 is 0 Å². The second-order valence-electron chi connectivity index (χ2n) is 7.70. The van der Waals surface area contributed by atoms with E-state index in [4.69, 9.17) is 4.52 Å². The quantitative estimate of drug-likeness (QED) is 0.413. The van der Waals surface area contributed by atoms with Crippen LogP contribution in [0, 0.1) is 10.1 Å². The molecule has 1 saturated heterocycles. The summed E-state index contributed by atoms with van der Waals surface area (Å²) in [6, 6.07) is 14.5. The summed E-state index contributed by atoms with van der Waals surface area (Å²) in [4.78, 5) is 31.4. The fourth-order valence-corrected chi connectivity index (χ4v) is 3.73. The van der Waals surface area contributed by atoms with Gasteiger partial charge in [-0.25, -0.2) is 0 Å². The summed E-state index contributed by atoms with van der Waals surface area (Å²) < 4.78 is 5.33. The lowest BCUT2D eigenvalue weighted by Gasteiger charge is -2.36. The molecule has 0 spiro atoms. The molecule has 32 heavy (non-hydrogen) atoms. The third kappa shape index (κ3) is 4.93. The first kappa shape index (κ1) is 21.5. The highest BCUT2D eigenvalue weighted by Gasteiger charge is 2.22. The number of aryl methyl sites for hydroxylation is 2. The molecule has 166 valence electrons. The van der Waals surface area contributed by atoms with Gasteiger partial charge in [-0.2, -0.15) is 4.98 Å². The Morgan fingerprint density at radius 2 is 1.75 bits per heavy atom. The van der Waals surface area contributed by atoms with Gasteiger partial charge in [0.2, 0.25) is 17.6 Å². The number of carbonyl (C=O) groups excluding carboxylic acids is 1. The number of carbonyl (C=O) groups is 1. The number of amides is 1. The number of anilines is 1. The number of rotatable bonds is 7. The smallest absolute Gasteiger partial charge is 0.269 e. The summed E-state index contributed by atoms with van der Waals surface area (Å²) in [7, 11) is 0. The van der Waals surface area contributed by atoms with Gasteiger partial charge in [0.15, 0.2) is 0 Å². The van der Waals surface area contributed by atoms with Crippen LogP contribution < -0.4 is 4.90 Å². The van der Waals surface area contributed by atoms with E-state index in [1.165, 1.54) is 17.7 Å². The predicted octanol–water partition coefficient (Wildman–Crippen LogP) is 3.49. The highest BCUT2D eigenvalue weighted by Crippen LogP contribution is 2.21. The van der Waals surface area contributed by atoms with Crippen molar-refractivity contribution in [1.29, 1.82) is 0 Å². The number of nitrogens with zero attached hydrogens (tertiary/aromatic N) is 5. The molecule has 0 aliphatic carbocycles. The molecule has 0 unspecified atom stereocenters. The van der Waals surface area contributed by atoms with E-state index < -0.39 is 4.92 Å². The lowest BCUT2D eigenvalue weighted by molar-refractivity contribution is -0.384. The van der Waals surface area contributed by atoms with Crippen LogP contribution >= 0.6 is 0 Å². The average molecular weight is 435 g/mol. The lowest BCUT2D eigenvalue weighted by atomic mass is 10.1. The Morgan fingerprint density at radius 1 is 1.06 bits per heavy atom. The molecule has 9 nitrogen and oxygen atoms in total. The molecule has 1 aromatic heterocycles. The molecule has 0 bridgehead atoms. The number of hydrogen-bond donors (Lipinski definition) is 0. The second-order valence-corrected chi connectivity index (χ2v) is 7.70. The van der Waals surface area contributed by atoms with Crippen molar-refractivity contribution in [2.45, 2.75) is 26.2 Å². The SMILES string of the molecule is CCc1ccc(-c2noc(CCC(=O)N3CCN(c4ccc([N+](=O)[O-])cc4)CC3)n2)cc1. The van der Waals surface area contributed by atoms with E-state index in [0.717, 1.165) is 17.7 Å². The first-order valence-electron chi connectivity index (χ1n) is 10.7. The molecule has 4 rings (SSSR count). The Labute approximate surface area is 185 Å². The summed E-state index contributed by atoms with van der Waals surface area (Å²) in [5, 5.41) is 14.8. The Kier molecular flexibility index (Phi) is 6.44. The van der Waals surface area contributed by atoms with E-state index >= 15 is 0 Å². The molecular formula is C23H25N5O4. The van der Waals surface area contributed by atoms with E-state index in [9.17, 15) is 14.9 Å². The van der Waals surface area contributed by atoms with Gasteiger partial charge < -0.3 is 14.3 Å². The van der Waals surface area contributed by atoms with Gasteiger partial charge in [0.1, 0.15) is 0 Å². The number of piperazine rings is 1. The molecule has 0 saturated carbocycles. The van der Waals surface area contributed by atoms with Crippen LogP contribution in [0.2, 0.25) is 0 Å². The summed E-state index contributed by atoms with van der Waals surface area (Å²) in [5.74, 6) is 1.05. The molecule has 0 atom stereocenters. The van der Waals surface area contributed by atoms with Crippen LogP contribution in [-0.2, 0) is 17.6 Å². The molecule has 0 N–H and O–H groups in total. The highest BCUT2D eigenvalue weighted by atomic mass is 16.6. The van der Waals surface area contributed by atoms with Crippen LogP contribution in [0.3, 0.4) is 0 Å². The lowest BCUT2D eigenvalue weighted by Crippen LogP contribution is -2.48. The number of aromatic nitrogens is 2. The van der Waals surface area contributed by atoms with Crippen molar-refractivity contribution in [3.05, 3.63) is 70.1 Å². The van der Waals surface area contributed by atoms with Gasteiger partial charge in [-0.05, 0) is 24.1 Å². The maximum absolute atomic E-state index is 12.6. The summed E-state index contributed by atoms with van der Waals surface area (Å²) >= 11 is 0. The Morgan fingerprint density at radius 3 is 2.38 bits per heavy atom. The summed E-state index contributed by atoms with van der Waals surface area (Å²) in [5.41, 5.74) is 3.14. The predicted molar refractivity (Wildman–Crippen MR) is 119 cm³/mol. The van der Waals surface area contributed by atoms with Gasteiger partial charge in [-0.15, -0.1) is 0 Å². The highest BCUT2D eigenvalue weighted by molar-refractivity contribution is 5.76. The zero-order chi connectivity index (χ0) is 22.5. The Balaban J connectivity index is 1.26. The number of nitro benzene ring substituents is 1.